The molecule has 0 amide bonds. The third kappa shape index (κ3) is 4.35. The molecule has 0 atom stereocenters. The molecule has 0 spiro atoms. The topological polar surface area (TPSA) is 66.0 Å². The third-order valence-corrected chi connectivity index (χ3v) is 4.28. The summed E-state index contributed by atoms with van der Waals surface area (Å²) in [7, 11) is 0. The summed E-state index contributed by atoms with van der Waals surface area (Å²) in [5.41, 5.74) is 3.95. The van der Waals surface area contributed by atoms with Crippen LogP contribution in [0, 0.1) is 18.3 Å². The quantitative estimate of drug-likeness (QED) is 0.665. The van der Waals surface area contributed by atoms with Crippen LogP contribution in [0.2, 0.25) is 0 Å². The maximum Gasteiger partial charge on any atom is 0.241 e. The number of aromatic nitrogens is 2. The number of nitrogens with zero attached hydrogens (tertiary/aromatic N) is 4. The second kappa shape index (κ2) is 7.94. The van der Waals surface area contributed by atoms with E-state index >= 15 is 0 Å². The molecule has 0 aliphatic heterocycles. The second-order valence-corrected chi connectivity index (χ2v) is 6.69. The van der Waals surface area contributed by atoms with Crippen molar-refractivity contribution < 1.29 is 4.52 Å². The van der Waals surface area contributed by atoms with Crippen LogP contribution in [0.3, 0.4) is 0 Å². The zero-order valence-corrected chi connectivity index (χ0v) is 15.3. The number of benzene rings is 2. The first-order valence-electron chi connectivity index (χ1n) is 8.68. The van der Waals surface area contributed by atoms with E-state index in [-0.39, 0.29) is 0 Å². The maximum atomic E-state index is 8.92. The number of aryl methyl sites for hydroxylation is 1. The lowest BCUT2D eigenvalue weighted by Gasteiger charge is -2.24. The summed E-state index contributed by atoms with van der Waals surface area (Å²) in [5.74, 6) is 1.22. The second-order valence-electron chi connectivity index (χ2n) is 6.69. The Morgan fingerprint density at radius 1 is 1.12 bits per heavy atom. The van der Waals surface area contributed by atoms with Gasteiger partial charge in [-0.1, -0.05) is 41.1 Å². The fourth-order valence-corrected chi connectivity index (χ4v) is 2.73. The van der Waals surface area contributed by atoms with Crippen molar-refractivity contribution in [3.63, 3.8) is 0 Å². The molecule has 1 heterocycles. The Kier molecular flexibility index (Phi) is 5.45. The summed E-state index contributed by atoms with van der Waals surface area (Å²) in [6.07, 6.45) is 0. The van der Waals surface area contributed by atoms with Crippen LogP contribution in [0.5, 0.6) is 0 Å². The van der Waals surface area contributed by atoms with Crippen molar-refractivity contribution in [2.75, 3.05) is 0 Å². The molecule has 0 bridgehead atoms. The molecule has 0 N–H and O–H groups in total. The van der Waals surface area contributed by atoms with Gasteiger partial charge in [0, 0.05) is 18.2 Å². The van der Waals surface area contributed by atoms with Gasteiger partial charge in [0.05, 0.1) is 18.2 Å². The van der Waals surface area contributed by atoms with Crippen LogP contribution in [0.4, 0.5) is 0 Å². The lowest BCUT2D eigenvalue weighted by molar-refractivity contribution is 0.176. The van der Waals surface area contributed by atoms with Crippen LogP contribution >= 0.6 is 0 Å². The number of rotatable bonds is 6. The van der Waals surface area contributed by atoms with Crippen molar-refractivity contribution in [2.24, 2.45) is 0 Å². The molecule has 0 saturated heterocycles. The molecule has 0 fully saturated rings. The van der Waals surface area contributed by atoms with Gasteiger partial charge in [0.2, 0.25) is 11.7 Å². The van der Waals surface area contributed by atoms with Crippen molar-refractivity contribution in [1.29, 1.82) is 5.26 Å². The molecular weight excluding hydrogens is 324 g/mol. The van der Waals surface area contributed by atoms with Crippen molar-refractivity contribution in [3.8, 4) is 17.5 Å². The molecule has 3 aromatic rings. The van der Waals surface area contributed by atoms with Gasteiger partial charge in [-0.25, -0.2) is 0 Å². The smallest absolute Gasteiger partial charge is 0.241 e. The van der Waals surface area contributed by atoms with Gasteiger partial charge < -0.3 is 4.52 Å². The fraction of sp³-hybridized carbons (Fsp3) is 0.286. The Morgan fingerprint density at radius 3 is 2.54 bits per heavy atom. The Morgan fingerprint density at radius 2 is 1.88 bits per heavy atom. The predicted octanol–water partition coefficient (Wildman–Crippen LogP) is 4.33. The standard InChI is InChI=1S/C21H22N4O/c1-15(2)25(13-18-9-7-17(12-22)8-10-18)14-20-23-21(24-26-20)19-6-4-5-16(3)11-19/h4-11,15H,13-14H2,1-3H3. The molecule has 0 aliphatic rings. The largest absolute Gasteiger partial charge is 0.338 e. The van der Waals surface area contributed by atoms with E-state index in [1.807, 2.05) is 55.5 Å². The molecule has 3 rings (SSSR count). The summed E-state index contributed by atoms with van der Waals surface area (Å²) >= 11 is 0. The average Bonchev–Trinajstić information content (AvgIpc) is 3.10. The van der Waals surface area contributed by atoms with Gasteiger partial charge in [-0.3, -0.25) is 4.90 Å². The van der Waals surface area contributed by atoms with E-state index in [0.717, 1.165) is 17.7 Å². The van der Waals surface area contributed by atoms with E-state index in [1.165, 1.54) is 5.56 Å². The summed E-state index contributed by atoms with van der Waals surface area (Å²) in [4.78, 5) is 6.81. The number of nitriles is 1. The summed E-state index contributed by atoms with van der Waals surface area (Å²) in [6.45, 7) is 7.66. The van der Waals surface area contributed by atoms with Gasteiger partial charge in [-0.15, -0.1) is 0 Å². The van der Waals surface area contributed by atoms with Gasteiger partial charge in [-0.2, -0.15) is 10.2 Å². The van der Waals surface area contributed by atoms with Gasteiger partial charge in [0.1, 0.15) is 0 Å². The molecule has 26 heavy (non-hydrogen) atoms. The summed E-state index contributed by atoms with van der Waals surface area (Å²) < 4.78 is 5.47. The van der Waals surface area contributed by atoms with E-state index in [1.54, 1.807) is 0 Å². The van der Waals surface area contributed by atoms with Crippen molar-refractivity contribution >= 4 is 0 Å². The molecule has 0 radical (unpaired) electrons. The monoisotopic (exact) mass is 346 g/mol. The van der Waals surface area contributed by atoms with E-state index < -0.39 is 0 Å². The van der Waals surface area contributed by atoms with Gasteiger partial charge in [0.25, 0.3) is 0 Å². The highest BCUT2D eigenvalue weighted by molar-refractivity contribution is 5.55. The molecule has 0 saturated carbocycles. The van der Waals surface area contributed by atoms with Crippen molar-refractivity contribution in [1.82, 2.24) is 15.0 Å². The van der Waals surface area contributed by atoms with Gasteiger partial charge >= 0.3 is 0 Å². The predicted molar refractivity (Wildman–Crippen MR) is 100 cm³/mol. The first-order valence-corrected chi connectivity index (χ1v) is 8.68. The van der Waals surface area contributed by atoms with Crippen molar-refractivity contribution in [2.45, 2.75) is 39.9 Å². The number of hydrogen-bond acceptors (Lipinski definition) is 5. The molecule has 0 unspecified atom stereocenters. The van der Waals surface area contributed by atoms with E-state index in [4.69, 9.17) is 9.78 Å². The minimum Gasteiger partial charge on any atom is -0.338 e. The highest BCUT2D eigenvalue weighted by atomic mass is 16.5. The number of hydrogen-bond donors (Lipinski definition) is 0. The Bertz CT molecular complexity index is 906. The molecule has 132 valence electrons. The molecule has 1 aromatic heterocycles. The van der Waals surface area contributed by atoms with E-state index in [0.29, 0.717) is 29.9 Å². The minimum atomic E-state index is 0.319. The van der Waals surface area contributed by atoms with Gasteiger partial charge in [-0.05, 0) is 44.5 Å². The van der Waals surface area contributed by atoms with Crippen LogP contribution in [0.15, 0.2) is 53.1 Å². The van der Waals surface area contributed by atoms with Gasteiger partial charge in [0.15, 0.2) is 0 Å². The Balaban J connectivity index is 1.73. The van der Waals surface area contributed by atoms with Crippen LogP contribution in [-0.4, -0.2) is 21.1 Å². The SMILES string of the molecule is Cc1cccc(-c2noc(CN(Cc3ccc(C#N)cc3)C(C)C)n2)c1. The lowest BCUT2D eigenvalue weighted by Crippen LogP contribution is -2.30. The fourth-order valence-electron chi connectivity index (χ4n) is 2.73. The summed E-state index contributed by atoms with van der Waals surface area (Å²) in [5, 5.41) is 13.0. The maximum absolute atomic E-state index is 8.92. The lowest BCUT2D eigenvalue weighted by atomic mass is 10.1. The zero-order chi connectivity index (χ0) is 18.5. The normalized spacial score (nSPS) is 11.1. The first kappa shape index (κ1) is 17.8. The molecule has 0 aliphatic carbocycles. The van der Waals surface area contributed by atoms with Crippen molar-refractivity contribution in [3.05, 3.63) is 71.1 Å². The zero-order valence-electron chi connectivity index (χ0n) is 15.3. The Hall–Kier alpha value is -2.97. The Labute approximate surface area is 153 Å². The molecular formula is C21H22N4O. The van der Waals surface area contributed by atoms with Crippen LogP contribution in [0.25, 0.3) is 11.4 Å². The molecule has 2 aromatic carbocycles. The van der Waals surface area contributed by atoms with Crippen LogP contribution in [-0.2, 0) is 13.1 Å². The minimum absolute atomic E-state index is 0.319. The highest BCUT2D eigenvalue weighted by Gasteiger charge is 2.16. The summed E-state index contributed by atoms with van der Waals surface area (Å²) in [6, 6.07) is 18.2. The average molecular weight is 346 g/mol. The highest BCUT2D eigenvalue weighted by Crippen LogP contribution is 2.19. The van der Waals surface area contributed by atoms with Crippen LogP contribution < -0.4 is 0 Å². The van der Waals surface area contributed by atoms with E-state index in [2.05, 4.69) is 35.0 Å². The molecule has 5 heteroatoms. The van der Waals surface area contributed by atoms with Crippen LogP contribution in [0.1, 0.15) is 36.4 Å². The van der Waals surface area contributed by atoms with E-state index in [9.17, 15) is 0 Å². The third-order valence-electron chi connectivity index (χ3n) is 4.28. The first-order chi connectivity index (χ1) is 12.5. The molecule has 5 nitrogen and oxygen atoms in total.